The number of aromatic nitrogens is 2. The van der Waals surface area contributed by atoms with E-state index in [-0.39, 0.29) is 39.2 Å². The van der Waals surface area contributed by atoms with E-state index in [9.17, 15) is 9.50 Å². The third kappa shape index (κ3) is 5.65. The van der Waals surface area contributed by atoms with Crippen molar-refractivity contribution in [2.75, 3.05) is 44.2 Å². The number of rotatable bonds is 7. The lowest BCUT2D eigenvalue weighted by Gasteiger charge is -2.33. The molecule has 1 aliphatic carbocycles. The maximum atomic E-state index is 16.7. The number of likely N-dealkylation sites (tertiary alicyclic amines) is 1. The quantitative estimate of drug-likeness (QED) is 0.225. The number of nitrogens with zero attached hydrogens (tertiary/aromatic N) is 4. The van der Waals surface area contributed by atoms with Crippen LogP contribution >= 0.6 is 11.6 Å². The van der Waals surface area contributed by atoms with E-state index in [0.717, 1.165) is 45.3 Å². The molecule has 3 heterocycles. The SMILES string of the molecule is C[C@H]1CCCN(c2nc(OCC3(CN4CCC(F)CC4)CC3)nc3c(F)c(-c4cc(O)cc5cccc(Cl)c45)c(F)cc23)C1. The van der Waals surface area contributed by atoms with E-state index in [2.05, 4.69) is 21.7 Å². The summed E-state index contributed by atoms with van der Waals surface area (Å²) in [4.78, 5) is 13.6. The summed E-state index contributed by atoms with van der Waals surface area (Å²) in [5.41, 5.74) is -0.279. The first-order chi connectivity index (χ1) is 21.2. The van der Waals surface area contributed by atoms with Crippen molar-refractivity contribution in [1.82, 2.24) is 14.9 Å². The molecule has 0 radical (unpaired) electrons. The lowest BCUT2D eigenvalue weighted by molar-refractivity contribution is 0.107. The Bertz CT molecular complexity index is 1720. The van der Waals surface area contributed by atoms with Crippen LogP contribution in [0.4, 0.5) is 19.0 Å². The van der Waals surface area contributed by atoms with E-state index in [1.54, 1.807) is 18.2 Å². The molecule has 3 aromatic carbocycles. The molecule has 4 aromatic rings. The maximum Gasteiger partial charge on any atom is 0.319 e. The van der Waals surface area contributed by atoms with Crippen LogP contribution in [0.15, 0.2) is 36.4 Å². The fourth-order valence-electron chi connectivity index (χ4n) is 6.93. The fourth-order valence-corrected chi connectivity index (χ4v) is 7.22. The van der Waals surface area contributed by atoms with Crippen LogP contribution in [0, 0.1) is 23.0 Å². The highest BCUT2D eigenvalue weighted by molar-refractivity contribution is 6.36. The monoisotopic (exact) mass is 624 g/mol. The highest BCUT2D eigenvalue weighted by atomic mass is 35.5. The topological polar surface area (TPSA) is 61.7 Å². The number of aromatic hydroxyl groups is 1. The van der Waals surface area contributed by atoms with Crippen LogP contribution in [0.1, 0.15) is 45.4 Å². The van der Waals surface area contributed by atoms with Gasteiger partial charge in [-0.3, -0.25) is 0 Å². The molecular formula is C34H36ClF3N4O2. The van der Waals surface area contributed by atoms with E-state index < -0.39 is 17.8 Å². The molecule has 0 unspecified atom stereocenters. The number of ether oxygens (including phenoxy) is 1. The van der Waals surface area contributed by atoms with Crippen molar-refractivity contribution < 1.29 is 23.0 Å². The Morgan fingerprint density at radius 1 is 1.07 bits per heavy atom. The van der Waals surface area contributed by atoms with Crippen LogP contribution in [-0.4, -0.2) is 65.5 Å². The third-order valence-corrected chi connectivity index (χ3v) is 9.83. The fraction of sp³-hybridized carbons (Fsp3) is 0.471. The van der Waals surface area contributed by atoms with Gasteiger partial charge in [-0.1, -0.05) is 30.7 Å². The molecule has 232 valence electrons. The molecule has 1 N–H and O–H groups in total. The zero-order valence-electron chi connectivity index (χ0n) is 24.8. The summed E-state index contributed by atoms with van der Waals surface area (Å²) < 4.78 is 52.6. The molecule has 1 aromatic heterocycles. The van der Waals surface area contributed by atoms with Gasteiger partial charge in [-0.25, -0.2) is 13.2 Å². The molecule has 6 nitrogen and oxygen atoms in total. The Balaban J connectivity index is 1.30. The van der Waals surface area contributed by atoms with Gasteiger partial charge in [0.25, 0.3) is 0 Å². The summed E-state index contributed by atoms with van der Waals surface area (Å²) in [7, 11) is 0. The third-order valence-electron chi connectivity index (χ3n) is 9.52. The predicted molar refractivity (Wildman–Crippen MR) is 167 cm³/mol. The van der Waals surface area contributed by atoms with Crippen LogP contribution in [0.3, 0.4) is 0 Å². The van der Waals surface area contributed by atoms with Crippen LogP contribution in [0.5, 0.6) is 11.8 Å². The van der Waals surface area contributed by atoms with Gasteiger partial charge in [0.2, 0.25) is 0 Å². The smallest absolute Gasteiger partial charge is 0.319 e. The van der Waals surface area contributed by atoms with Crippen LogP contribution < -0.4 is 9.64 Å². The molecule has 3 fully saturated rings. The molecule has 10 heteroatoms. The first kappa shape index (κ1) is 29.4. The van der Waals surface area contributed by atoms with Crippen molar-refractivity contribution in [3.63, 3.8) is 0 Å². The Morgan fingerprint density at radius 2 is 1.86 bits per heavy atom. The number of alkyl halides is 1. The minimum Gasteiger partial charge on any atom is -0.508 e. The van der Waals surface area contributed by atoms with Crippen LogP contribution in [-0.2, 0) is 0 Å². The predicted octanol–water partition coefficient (Wildman–Crippen LogP) is 7.92. The Hall–Kier alpha value is -3.30. The van der Waals surface area contributed by atoms with E-state index in [4.69, 9.17) is 21.3 Å². The minimum absolute atomic E-state index is 0.0435. The van der Waals surface area contributed by atoms with Gasteiger partial charge in [0.1, 0.15) is 29.1 Å². The van der Waals surface area contributed by atoms with Crippen molar-refractivity contribution >= 4 is 39.1 Å². The summed E-state index contributed by atoms with van der Waals surface area (Å²) >= 11 is 6.52. The molecule has 3 aliphatic rings. The molecule has 0 bridgehead atoms. The van der Waals surface area contributed by atoms with Crippen molar-refractivity contribution in [1.29, 1.82) is 0 Å². The summed E-state index contributed by atoms with van der Waals surface area (Å²) in [6, 6.07) is 9.29. The second kappa shape index (κ2) is 11.6. The van der Waals surface area contributed by atoms with E-state index in [1.165, 1.54) is 18.2 Å². The highest BCUT2D eigenvalue weighted by Gasteiger charge is 2.45. The molecular weight excluding hydrogens is 589 g/mol. The Morgan fingerprint density at radius 3 is 2.61 bits per heavy atom. The molecule has 0 amide bonds. The second-order valence-corrected chi connectivity index (χ2v) is 13.4. The number of piperidine rings is 2. The lowest BCUT2D eigenvalue weighted by Crippen LogP contribution is -2.39. The molecule has 1 saturated carbocycles. The molecule has 44 heavy (non-hydrogen) atoms. The van der Waals surface area contributed by atoms with E-state index in [1.807, 2.05) is 0 Å². The standard InChI is InChI=1S/C34H36ClF3N4O2/c1-20-4-3-11-42(17-20)32-25-16-27(37)29(24-15-23(43)14-21-5-2-6-26(35)28(21)24)30(38)31(25)39-33(40-32)44-19-34(9-10-34)18-41-12-7-22(36)8-13-41/h2,5-6,14-16,20,22,43H,3-4,7-13,17-19H2,1H3/t20-/m0/s1. The number of hydrogen-bond donors (Lipinski definition) is 1. The number of fused-ring (bicyclic) bond motifs is 2. The van der Waals surface area contributed by atoms with Gasteiger partial charge in [0.15, 0.2) is 5.82 Å². The molecule has 2 aliphatic heterocycles. The van der Waals surface area contributed by atoms with Crippen molar-refractivity contribution in [3.05, 3.63) is 53.1 Å². The number of anilines is 1. The Labute approximate surface area is 259 Å². The van der Waals surface area contributed by atoms with Crippen molar-refractivity contribution in [3.8, 4) is 22.9 Å². The number of phenols is 1. The van der Waals surface area contributed by atoms with Gasteiger partial charge in [0.05, 0.1) is 12.2 Å². The molecule has 0 spiro atoms. The average molecular weight is 625 g/mol. The number of halogens is 4. The summed E-state index contributed by atoms with van der Waals surface area (Å²) in [6.45, 7) is 6.23. The summed E-state index contributed by atoms with van der Waals surface area (Å²) in [5.74, 6) is -0.931. The average Bonchev–Trinajstić information content (AvgIpc) is 3.76. The van der Waals surface area contributed by atoms with Gasteiger partial charge in [-0.05, 0) is 74.1 Å². The zero-order chi connectivity index (χ0) is 30.6. The van der Waals surface area contributed by atoms with Gasteiger partial charge in [-0.2, -0.15) is 9.97 Å². The van der Waals surface area contributed by atoms with Crippen LogP contribution in [0.25, 0.3) is 32.8 Å². The molecule has 1 atom stereocenters. The summed E-state index contributed by atoms with van der Waals surface area (Å²) in [5, 5.41) is 12.1. The molecule has 7 rings (SSSR count). The van der Waals surface area contributed by atoms with E-state index in [0.29, 0.717) is 60.1 Å². The van der Waals surface area contributed by atoms with Crippen LogP contribution in [0.2, 0.25) is 5.02 Å². The zero-order valence-corrected chi connectivity index (χ0v) is 25.5. The van der Waals surface area contributed by atoms with Gasteiger partial charge >= 0.3 is 6.01 Å². The number of benzene rings is 3. The first-order valence-corrected chi connectivity index (χ1v) is 15.9. The first-order valence-electron chi connectivity index (χ1n) is 15.6. The molecule has 2 saturated heterocycles. The minimum atomic E-state index is -0.861. The van der Waals surface area contributed by atoms with Crippen molar-refractivity contribution in [2.45, 2.75) is 51.6 Å². The number of hydrogen-bond acceptors (Lipinski definition) is 6. The Kier molecular flexibility index (Phi) is 7.73. The highest BCUT2D eigenvalue weighted by Crippen LogP contribution is 2.47. The van der Waals surface area contributed by atoms with E-state index >= 15 is 8.78 Å². The van der Waals surface area contributed by atoms with Crippen molar-refractivity contribution in [2.24, 2.45) is 11.3 Å². The number of phenolic OH excluding ortho intramolecular Hbond substituents is 1. The van der Waals surface area contributed by atoms with Gasteiger partial charge in [-0.15, -0.1) is 0 Å². The maximum absolute atomic E-state index is 16.7. The normalized spacial score (nSPS) is 20.8. The second-order valence-electron chi connectivity index (χ2n) is 13.0. The lowest BCUT2D eigenvalue weighted by atomic mass is 9.95. The largest absolute Gasteiger partial charge is 0.508 e. The van der Waals surface area contributed by atoms with Gasteiger partial charge < -0.3 is 19.6 Å². The summed E-state index contributed by atoms with van der Waals surface area (Å²) in [6.07, 6.45) is 4.38. The van der Waals surface area contributed by atoms with Gasteiger partial charge in [0, 0.05) is 59.5 Å².